The van der Waals surface area contributed by atoms with E-state index in [9.17, 15) is 18.0 Å². The molecule has 142 valence electrons. The van der Waals surface area contributed by atoms with E-state index in [1.54, 1.807) is 36.7 Å². The fourth-order valence-corrected chi connectivity index (χ4v) is 3.34. The van der Waals surface area contributed by atoms with E-state index in [0.717, 1.165) is 16.6 Å². The standard InChI is InChI=1S/C18H15N5O4S/c19-28(26,27)12-4-1-10(2-5-12)8-20-15-16(18(25)17(15)24)23-11-3-6-13-14(7-11)22-9-21-13/h1-7,9,20,23H,8H2,(H,21,22)(H2,19,26,27). The average Bonchev–Trinajstić information content (AvgIpc) is 3.14. The van der Waals surface area contributed by atoms with Gasteiger partial charge >= 0.3 is 0 Å². The Bertz CT molecular complexity index is 1350. The molecule has 4 aromatic rings. The van der Waals surface area contributed by atoms with Gasteiger partial charge in [-0.15, -0.1) is 0 Å². The summed E-state index contributed by atoms with van der Waals surface area (Å²) in [4.78, 5) is 31.0. The average molecular weight is 397 g/mol. The van der Waals surface area contributed by atoms with Crippen molar-refractivity contribution in [3.63, 3.8) is 0 Å². The minimum absolute atomic E-state index is 0.00178. The highest BCUT2D eigenvalue weighted by Crippen LogP contribution is 2.23. The number of rotatable bonds is 6. The summed E-state index contributed by atoms with van der Waals surface area (Å²) in [5.41, 5.74) is 2.12. The molecule has 0 fully saturated rings. The Morgan fingerprint density at radius 3 is 2.43 bits per heavy atom. The van der Waals surface area contributed by atoms with E-state index in [1.807, 2.05) is 0 Å². The van der Waals surface area contributed by atoms with Crippen molar-refractivity contribution in [3.05, 3.63) is 74.8 Å². The minimum atomic E-state index is -3.76. The normalized spacial score (nSPS) is 11.8. The van der Waals surface area contributed by atoms with Gasteiger partial charge in [-0.3, -0.25) is 9.59 Å². The molecule has 1 heterocycles. The van der Waals surface area contributed by atoms with E-state index < -0.39 is 20.9 Å². The SMILES string of the molecule is NS(=O)(=O)c1ccc(CNc2c(Nc3ccc4nc[nH]c4c3)c(=O)c2=O)cc1. The molecule has 0 saturated heterocycles. The summed E-state index contributed by atoms with van der Waals surface area (Å²) in [5.74, 6) is 0. The number of benzene rings is 2. The lowest BCUT2D eigenvalue weighted by Crippen LogP contribution is -2.36. The smallest absolute Gasteiger partial charge is 0.253 e. The predicted octanol–water partition coefficient (Wildman–Crippen LogP) is 1.16. The maximum absolute atomic E-state index is 11.9. The van der Waals surface area contributed by atoms with Gasteiger partial charge in [-0.25, -0.2) is 18.5 Å². The molecule has 0 amide bonds. The molecule has 0 saturated carbocycles. The maximum Gasteiger partial charge on any atom is 0.253 e. The van der Waals surface area contributed by atoms with Gasteiger partial charge in [-0.2, -0.15) is 0 Å². The third-order valence-corrected chi connectivity index (χ3v) is 5.25. The lowest BCUT2D eigenvalue weighted by molar-refractivity contribution is 0.598. The van der Waals surface area contributed by atoms with Crippen molar-refractivity contribution in [1.82, 2.24) is 9.97 Å². The van der Waals surface area contributed by atoms with Crippen LogP contribution in [0.2, 0.25) is 0 Å². The van der Waals surface area contributed by atoms with Crippen molar-refractivity contribution in [1.29, 1.82) is 0 Å². The number of imidazole rings is 1. The third-order valence-electron chi connectivity index (χ3n) is 4.32. The van der Waals surface area contributed by atoms with Crippen molar-refractivity contribution < 1.29 is 8.42 Å². The van der Waals surface area contributed by atoms with Crippen molar-refractivity contribution in [2.75, 3.05) is 10.6 Å². The highest BCUT2D eigenvalue weighted by molar-refractivity contribution is 7.89. The monoisotopic (exact) mass is 397 g/mol. The van der Waals surface area contributed by atoms with Crippen LogP contribution in [-0.2, 0) is 16.6 Å². The Balaban J connectivity index is 1.51. The molecule has 9 nitrogen and oxygen atoms in total. The highest BCUT2D eigenvalue weighted by Gasteiger charge is 2.21. The zero-order chi connectivity index (χ0) is 19.9. The molecule has 0 bridgehead atoms. The van der Waals surface area contributed by atoms with Gasteiger partial charge < -0.3 is 15.6 Å². The van der Waals surface area contributed by atoms with E-state index in [1.165, 1.54) is 12.1 Å². The Morgan fingerprint density at radius 1 is 1.00 bits per heavy atom. The summed E-state index contributed by atoms with van der Waals surface area (Å²) in [7, 11) is -3.76. The van der Waals surface area contributed by atoms with Crippen LogP contribution in [0, 0.1) is 0 Å². The van der Waals surface area contributed by atoms with Gasteiger partial charge in [0, 0.05) is 12.2 Å². The fraction of sp³-hybridized carbons (Fsp3) is 0.0556. The largest absolute Gasteiger partial charge is 0.376 e. The van der Waals surface area contributed by atoms with Gasteiger partial charge in [0.1, 0.15) is 11.4 Å². The number of hydrogen-bond donors (Lipinski definition) is 4. The molecular formula is C18H15N5O4S. The van der Waals surface area contributed by atoms with Crippen molar-refractivity contribution in [3.8, 4) is 0 Å². The summed E-state index contributed by atoms with van der Waals surface area (Å²) < 4.78 is 22.6. The predicted molar refractivity (Wildman–Crippen MR) is 106 cm³/mol. The molecule has 5 N–H and O–H groups in total. The number of H-pyrrole nitrogens is 1. The number of aromatic amines is 1. The van der Waals surface area contributed by atoms with Gasteiger partial charge in [0.25, 0.3) is 10.9 Å². The number of anilines is 3. The van der Waals surface area contributed by atoms with Crippen LogP contribution in [0.15, 0.2) is 63.3 Å². The van der Waals surface area contributed by atoms with Crippen molar-refractivity contribution >= 4 is 38.1 Å². The van der Waals surface area contributed by atoms with Crippen LogP contribution in [0.3, 0.4) is 0 Å². The molecule has 10 heteroatoms. The molecular weight excluding hydrogens is 382 g/mol. The van der Waals surface area contributed by atoms with E-state index in [-0.39, 0.29) is 22.8 Å². The zero-order valence-electron chi connectivity index (χ0n) is 14.4. The highest BCUT2D eigenvalue weighted by atomic mass is 32.2. The van der Waals surface area contributed by atoms with E-state index in [2.05, 4.69) is 20.6 Å². The first kappa shape index (κ1) is 17.9. The molecule has 0 aliphatic carbocycles. The molecule has 3 aromatic carbocycles. The molecule has 28 heavy (non-hydrogen) atoms. The Kier molecular flexibility index (Phi) is 4.21. The second kappa shape index (κ2) is 6.59. The number of hydrogen-bond acceptors (Lipinski definition) is 7. The summed E-state index contributed by atoms with van der Waals surface area (Å²) in [6.45, 7) is 0.240. The van der Waals surface area contributed by atoms with E-state index in [0.29, 0.717) is 5.69 Å². The molecule has 0 aliphatic rings. The second-order valence-corrected chi connectivity index (χ2v) is 7.77. The lowest BCUT2D eigenvalue weighted by Gasteiger charge is -2.15. The van der Waals surface area contributed by atoms with Crippen LogP contribution < -0.4 is 26.6 Å². The molecule has 0 spiro atoms. The van der Waals surface area contributed by atoms with Crippen LogP contribution in [0.4, 0.5) is 17.1 Å². The second-order valence-electron chi connectivity index (χ2n) is 6.21. The van der Waals surface area contributed by atoms with E-state index in [4.69, 9.17) is 5.14 Å². The quantitative estimate of drug-likeness (QED) is 0.357. The number of nitrogens with zero attached hydrogens (tertiary/aromatic N) is 1. The van der Waals surface area contributed by atoms with Crippen LogP contribution >= 0.6 is 0 Å². The first-order valence-electron chi connectivity index (χ1n) is 8.22. The number of nitrogens with one attached hydrogen (secondary N) is 3. The van der Waals surface area contributed by atoms with Crippen LogP contribution in [0.25, 0.3) is 11.0 Å². The van der Waals surface area contributed by atoms with Gasteiger partial charge in [0.2, 0.25) is 10.0 Å². The molecule has 1 aromatic heterocycles. The van der Waals surface area contributed by atoms with Crippen LogP contribution in [0.1, 0.15) is 5.56 Å². The maximum atomic E-state index is 11.9. The number of sulfonamides is 1. The van der Waals surface area contributed by atoms with Gasteiger partial charge in [0.05, 0.1) is 22.3 Å². The minimum Gasteiger partial charge on any atom is -0.376 e. The number of aromatic nitrogens is 2. The third kappa shape index (κ3) is 3.26. The summed E-state index contributed by atoms with van der Waals surface area (Å²) in [6, 6.07) is 11.3. The first-order valence-corrected chi connectivity index (χ1v) is 9.76. The van der Waals surface area contributed by atoms with E-state index >= 15 is 0 Å². The van der Waals surface area contributed by atoms with Gasteiger partial charge in [-0.1, -0.05) is 12.1 Å². The number of nitrogens with two attached hydrogens (primary N) is 1. The fourth-order valence-electron chi connectivity index (χ4n) is 2.82. The Hall–Kier alpha value is -3.50. The van der Waals surface area contributed by atoms with Crippen LogP contribution in [0.5, 0.6) is 0 Å². The molecule has 0 radical (unpaired) electrons. The van der Waals surface area contributed by atoms with Crippen molar-refractivity contribution in [2.45, 2.75) is 11.4 Å². The zero-order valence-corrected chi connectivity index (χ0v) is 15.2. The molecule has 0 aliphatic heterocycles. The topological polar surface area (TPSA) is 147 Å². The van der Waals surface area contributed by atoms with Gasteiger partial charge in [-0.05, 0) is 35.9 Å². The summed E-state index contributed by atoms with van der Waals surface area (Å²) in [6.07, 6.45) is 1.57. The first-order chi connectivity index (χ1) is 13.3. The summed E-state index contributed by atoms with van der Waals surface area (Å²) >= 11 is 0. The Morgan fingerprint density at radius 2 is 1.71 bits per heavy atom. The Labute approximate surface area is 159 Å². The number of primary sulfonamides is 1. The molecule has 0 atom stereocenters. The molecule has 4 rings (SSSR count). The van der Waals surface area contributed by atoms with Crippen LogP contribution in [-0.4, -0.2) is 18.4 Å². The van der Waals surface area contributed by atoms with Gasteiger partial charge in [0.15, 0.2) is 0 Å². The van der Waals surface area contributed by atoms with Crippen molar-refractivity contribution in [2.24, 2.45) is 5.14 Å². The number of fused-ring (bicyclic) bond motifs is 1. The summed E-state index contributed by atoms with van der Waals surface area (Å²) in [5, 5.41) is 10.9. The lowest BCUT2D eigenvalue weighted by atomic mass is 10.1. The molecule has 0 unspecified atom stereocenters.